The summed E-state index contributed by atoms with van der Waals surface area (Å²) in [4.78, 5) is 16.8. The largest absolute Gasteiger partial charge is 0.326 e. The fraction of sp³-hybridized carbons (Fsp3) is 0.429. The van der Waals surface area contributed by atoms with Gasteiger partial charge >= 0.3 is 0 Å². The molecule has 0 spiro atoms. The number of nitriles is 1. The lowest BCUT2D eigenvalue weighted by Gasteiger charge is -2.18. The van der Waals surface area contributed by atoms with E-state index in [4.69, 9.17) is 0 Å². The molecule has 0 radical (unpaired) electrons. The SMILES string of the molecule is Cc1cc(C#N)cc(S(=O)c2c(CC3CC3)c(C)[nH]c(=O)c2C(C)C)c1. The van der Waals surface area contributed by atoms with Gasteiger partial charge in [-0.25, -0.2) is 4.21 Å². The van der Waals surface area contributed by atoms with Gasteiger partial charge in [0.2, 0.25) is 0 Å². The highest BCUT2D eigenvalue weighted by atomic mass is 32.2. The monoisotopic (exact) mass is 368 g/mol. The van der Waals surface area contributed by atoms with Crippen LogP contribution in [0.25, 0.3) is 0 Å². The van der Waals surface area contributed by atoms with Crippen LogP contribution in [-0.4, -0.2) is 9.19 Å². The molecule has 1 heterocycles. The van der Waals surface area contributed by atoms with Crippen LogP contribution < -0.4 is 5.56 Å². The molecule has 1 unspecified atom stereocenters. The molecule has 3 rings (SSSR count). The van der Waals surface area contributed by atoms with E-state index in [2.05, 4.69) is 11.1 Å². The minimum atomic E-state index is -1.49. The van der Waals surface area contributed by atoms with E-state index < -0.39 is 10.8 Å². The van der Waals surface area contributed by atoms with E-state index in [0.717, 1.165) is 23.2 Å². The maximum Gasteiger partial charge on any atom is 0.252 e. The van der Waals surface area contributed by atoms with Crippen LogP contribution >= 0.6 is 0 Å². The Morgan fingerprint density at radius 2 is 1.96 bits per heavy atom. The molecule has 1 aromatic heterocycles. The topological polar surface area (TPSA) is 73.7 Å². The molecule has 1 N–H and O–H groups in total. The number of nitrogens with one attached hydrogen (secondary N) is 1. The Morgan fingerprint density at radius 1 is 1.27 bits per heavy atom. The van der Waals surface area contributed by atoms with Crippen molar-refractivity contribution in [3.8, 4) is 6.07 Å². The molecule has 26 heavy (non-hydrogen) atoms. The minimum Gasteiger partial charge on any atom is -0.326 e. The van der Waals surface area contributed by atoms with Crippen molar-refractivity contribution in [3.63, 3.8) is 0 Å². The van der Waals surface area contributed by atoms with E-state index in [1.54, 1.807) is 12.1 Å². The van der Waals surface area contributed by atoms with E-state index in [1.165, 1.54) is 12.8 Å². The third kappa shape index (κ3) is 3.66. The van der Waals surface area contributed by atoms with Crippen molar-refractivity contribution in [2.45, 2.75) is 62.7 Å². The molecule has 1 aliphatic rings. The van der Waals surface area contributed by atoms with Crippen molar-refractivity contribution in [2.75, 3.05) is 0 Å². The zero-order valence-corrected chi connectivity index (χ0v) is 16.5. The van der Waals surface area contributed by atoms with Gasteiger partial charge in [-0.05, 0) is 74.3 Å². The Morgan fingerprint density at radius 3 is 2.54 bits per heavy atom. The van der Waals surface area contributed by atoms with Crippen molar-refractivity contribution >= 4 is 10.8 Å². The maximum atomic E-state index is 13.6. The second kappa shape index (κ2) is 7.20. The number of nitrogens with zero attached hydrogens (tertiary/aromatic N) is 1. The fourth-order valence-corrected chi connectivity index (χ4v) is 5.13. The normalized spacial score (nSPS) is 15.1. The van der Waals surface area contributed by atoms with Gasteiger partial charge in [0.05, 0.1) is 27.3 Å². The minimum absolute atomic E-state index is 0.0310. The average molecular weight is 369 g/mol. The van der Waals surface area contributed by atoms with Crippen LogP contribution in [0, 0.1) is 31.1 Å². The molecule has 1 atom stereocenters. The van der Waals surface area contributed by atoms with Crippen molar-refractivity contribution in [3.05, 3.63) is 56.5 Å². The number of benzene rings is 1. The second-order valence-electron chi connectivity index (χ2n) is 7.52. The highest BCUT2D eigenvalue weighted by Crippen LogP contribution is 2.37. The molecular formula is C21H24N2O2S. The van der Waals surface area contributed by atoms with E-state index in [9.17, 15) is 14.3 Å². The van der Waals surface area contributed by atoms with Gasteiger partial charge in [0.15, 0.2) is 0 Å². The summed E-state index contributed by atoms with van der Waals surface area (Å²) in [7, 11) is -1.49. The summed E-state index contributed by atoms with van der Waals surface area (Å²) in [5.74, 6) is 0.582. The molecule has 0 amide bonds. The molecule has 4 nitrogen and oxygen atoms in total. The van der Waals surface area contributed by atoms with Gasteiger partial charge in [-0.3, -0.25) is 4.79 Å². The first kappa shape index (κ1) is 18.6. The third-order valence-corrected chi connectivity index (χ3v) is 6.36. The summed E-state index contributed by atoms with van der Waals surface area (Å²) in [6.07, 6.45) is 3.22. The highest BCUT2D eigenvalue weighted by Gasteiger charge is 2.29. The molecule has 1 aromatic carbocycles. The number of H-pyrrole nitrogens is 1. The van der Waals surface area contributed by atoms with Crippen LogP contribution in [0.2, 0.25) is 0 Å². The Kier molecular flexibility index (Phi) is 5.15. The molecule has 1 aliphatic carbocycles. The van der Waals surface area contributed by atoms with E-state index in [-0.39, 0.29) is 11.5 Å². The summed E-state index contributed by atoms with van der Waals surface area (Å²) in [5.41, 5.74) is 3.64. The molecule has 2 aromatic rings. The predicted octanol–water partition coefficient (Wildman–Crippen LogP) is 4.11. The number of hydrogen-bond acceptors (Lipinski definition) is 3. The average Bonchev–Trinajstić information content (AvgIpc) is 3.39. The highest BCUT2D eigenvalue weighted by molar-refractivity contribution is 7.85. The first-order chi connectivity index (χ1) is 12.3. The van der Waals surface area contributed by atoms with E-state index in [1.807, 2.05) is 33.8 Å². The van der Waals surface area contributed by atoms with Crippen molar-refractivity contribution in [1.29, 1.82) is 5.26 Å². The van der Waals surface area contributed by atoms with Crippen molar-refractivity contribution in [2.24, 2.45) is 5.92 Å². The van der Waals surface area contributed by atoms with Gasteiger partial charge in [0.1, 0.15) is 0 Å². The van der Waals surface area contributed by atoms with Crippen LogP contribution in [0.1, 0.15) is 60.6 Å². The van der Waals surface area contributed by atoms with Gasteiger partial charge in [-0.15, -0.1) is 0 Å². The second-order valence-corrected chi connectivity index (χ2v) is 8.94. The summed E-state index contributed by atoms with van der Waals surface area (Å²) in [6.45, 7) is 7.69. The number of rotatable bonds is 5. The van der Waals surface area contributed by atoms with Gasteiger partial charge in [0, 0.05) is 16.2 Å². The molecule has 136 valence electrons. The Hall–Kier alpha value is -2.19. The lowest BCUT2D eigenvalue weighted by Crippen LogP contribution is -2.22. The molecule has 0 saturated heterocycles. The lowest BCUT2D eigenvalue weighted by molar-refractivity contribution is 0.674. The van der Waals surface area contributed by atoms with Crippen molar-refractivity contribution in [1.82, 2.24) is 4.98 Å². The number of aryl methyl sites for hydroxylation is 2. The van der Waals surface area contributed by atoms with Gasteiger partial charge < -0.3 is 4.98 Å². The lowest BCUT2D eigenvalue weighted by atomic mass is 9.99. The van der Waals surface area contributed by atoms with E-state index >= 15 is 0 Å². The number of aromatic amines is 1. The Bertz CT molecular complexity index is 979. The van der Waals surface area contributed by atoms with Crippen LogP contribution in [-0.2, 0) is 17.2 Å². The van der Waals surface area contributed by atoms with Gasteiger partial charge in [-0.1, -0.05) is 13.8 Å². The molecule has 1 fully saturated rings. The van der Waals surface area contributed by atoms with E-state index in [0.29, 0.717) is 26.8 Å². The van der Waals surface area contributed by atoms with Crippen LogP contribution in [0.5, 0.6) is 0 Å². The van der Waals surface area contributed by atoms with Gasteiger partial charge in [-0.2, -0.15) is 5.26 Å². The fourth-order valence-electron chi connectivity index (χ4n) is 3.38. The first-order valence-electron chi connectivity index (χ1n) is 9.01. The predicted molar refractivity (Wildman–Crippen MR) is 103 cm³/mol. The standard InChI is InChI=1S/C21H24N2O2S/c1-12(2)19-20(18(10-15-5-6-15)14(4)23-21(19)24)26(25)17-8-13(3)7-16(9-17)11-22/h7-9,12,15H,5-6,10H2,1-4H3,(H,23,24). The number of aromatic nitrogens is 1. The summed E-state index contributed by atoms with van der Waals surface area (Å²) in [5, 5.41) is 9.25. The molecule has 1 saturated carbocycles. The van der Waals surface area contributed by atoms with Crippen molar-refractivity contribution < 1.29 is 4.21 Å². The molecule has 0 aliphatic heterocycles. The third-order valence-electron chi connectivity index (χ3n) is 4.86. The smallest absolute Gasteiger partial charge is 0.252 e. The zero-order chi connectivity index (χ0) is 19.0. The quantitative estimate of drug-likeness (QED) is 0.863. The van der Waals surface area contributed by atoms with Crippen LogP contribution in [0.4, 0.5) is 0 Å². The number of hydrogen-bond donors (Lipinski definition) is 1. The Balaban J connectivity index is 2.24. The summed E-state index contributed by atoms with van der Waals surface area (Å²) < 4.78 is 13.6. The maximum absolute atomic E-state index is 13.6. The van der Waals surface area contributed by atoms with Gasteiger partial charge in [0.25, 0.3) is 5.56 Å². The summed E-state index contributed by atoms with van der Waals surface area (Å²) in [6, 6.07) is 7.42. The molecule has 5 heteroatoms. The number of pyridine rings is 1. The first-order valence-corrected chi connectivity index (χ1v) is 10.2. The zero-order valence-electron chi connectivity index (χ0n) is 15.7. The summed E-state index contributed by atoms with van der Waals surface area (Å²) >= 11 is 0. The Labute approximate surface area is 156 Å². The molecule has 0 bridgehead atoms. The van der Waals surface area contributed by atoms with Crippen LogP contribution in [0.3, 0.4) is 0 Å². The molecular weight excluding hydrogens is 344 g/mol. The van der Waals surface area contributed by atoms with Crippen LogP contribution in [0.15, 0.2) is 32.8 Å².